The summed E-state index contributed by atoms with van der Waals surface area (Å²) in [4.78, 5) is 13.9. The van der Waals surface area contributed by atoms with E-state index in [0.717, 1.165) is 6.54 Å². The van der Waals surface area contributed by atoms with E-state index in [0.29, 0.717) is 5.82 Å². The minimum absolute atomic E-state index is 0.586. The van der Waals surface area contributed by atoms with E-state index in [4.69, 9.17) is 0 Å². The molecule has 3 heteroatoms. The van der Waals surface area contributed by atoms with Gasteiger partial charge >= 0.3 is 0 Å². The Bertz CT molecular complexity index is 204. The van der Waals surface area contributed by atoms with E-state index in [1.807, 2.05) is 37.2 Å². The molecule has 1 aliphatic heterocycles. The van der Waals surface area contributed by atoms with Crippen LogP contribution in [-0.2, 0) is 4.79 Å². The summed E-state index contributed by atoms with van der Waals surface area (Å²) < 4.78 is 0. The highest BCUT2D eigenvalue weighted by molar-refractivity contribution is 5.52. The highest BCUT2D eigenvalue weighted by atomic mass is 16.1. The first-order valence-electron chi connectivity index (χ1n) is 3.22. The third-order valence-electron chi connectivity index (χ3n) is 1.51. The lowest BCUT2D eigenvalue weighted by molar-refractivity contribution is 0.408. The van der Waals surface area contributed by atoms with Gasteiger partial charge in [-0.1, -0.05) is 0 Å². The van der Waals surface area contributed by atoms with Crippen LogP contribution in [0.1, 0.15) is 6.92 Å². The molecule has 10 heavy (non-hydrogen) atoms. The Morgan fingerprint density at radius 3 is 2.70 bits per heavy atom. The number of carbonyl (C=O) groups excluding carboxylic acids is 1. The Morgan fingerprint density at radius 1 is 1.60 bits per heavy atom. The summed E-state index contributed by atoms with van der Waals surface area (Å²) in [5.74, 6) is 2.46. The van der Waals surface area contributed by atoms with Crippen molar-refractivity contribution >= 4 is 5.94 Å². The standard InChI is InChI=1S/C7H10N2O/c1-3-9-5-4-8(2)7(9)6-10/h4-5H,3H2,1-2H3. The van der Waals surface area contributed by atoms with Crippen molar-refractivity contribution < 1.29 is 4.79 Å². The van der Waals surface area contributed by atoms with Gasteiger partial charge in [-0.3, -0.25) is 0 Å². The lowest BCUT2D eigenvalue weighted by Gasteiger charge is -2.15. The topological polar surface area (TPSA) is 23.6 Å². The lowest BCUT2D eigenvalue weighted by Crippen LogP contribution is -2.20. The lowest BCUT2D eigenvalue weighted by atomic mass is 10.6. The molecule has 0 saturated heterocycles. The van der Waals surface area contributed by atoms with Gasteiger partial charge in [0.1, 0.15) is 0 Å². The van der Waals surface area contributed by atoms with E-state index in [9.17, 15) is 4.79 Å². The van der Waals surface area contributed by atoms with Crippen LogP contribution >= 0.6 is 0 Å². The summed E-state index contributed by atoms with van der Waals surface area (Å²) in [5, 5.41) is 0. The third kappa shape index (κ3) is 0.913. The summed E-state index contributed by atoms with van der Waals surface area (Å²) in [6.07, 6.45) is 3.70. The van der Waals surface area contributed by atoms with Crippen LogP contribution in [0.5, 0.6) is 0 Å². The highest BCUT2D eigenvalue weighted by Crippen LogP contribution is 2.13. The quantitative estimate of drug-likeness (QED) is 0.490. The Hall–Kier alpha value is -1.21. The van der Waals surface area contributed by atoms with Gasteiger partial charge in [-0.05, 0) is 6.92 Å². The summed E-state index contributed by atoms with van der Waals surface area (Å²) in [5.41, 5.74) is 0. The van der Waals surface area contributed by atoms with Gasteiger partial charge in [-0.2, -0.15) is 0 Å². The molecule has 0 fully saturated rings. The van der Waals surface area contributed by atoms with Crippen molar-refractivity contribution in [3.63, 3.8) is 0 Å². The molecule has 0 aromatic carbocycles. The minimum atomic E-state index is 0.586. The summed E-state index contributed by atoms with van der Waals surface area (Å²) >= 11 is 0. The molecule has 0 spiro atoms. The average molecular weight is 138 g/mol. The van der Waals surface area contributed by atoms with E-state index < -0.39 is 0 Å². The van der Waals surface area contributed by atoms with Crippen LogP contribution in [-0.4, -0.2) is 29.3 Å². The van der Waals surface area contributed by atoms with Crippen LogP contribution in [0.25, 0.3) is 0 Å². The molecule has 0 aliphatic carbocycles. The average Bonchev–Trinajstić information content (AvgIpc) is 2.30. The maximum atomic E-state index is 10.3. The molecular formula is C7H10N2O. The minimum Gasteiger partial charge on any atom is -0.327 e. The van der Waals surface area contributed by atoms with Crippen LogP contribution in [0, 0.1) is 0 Å². The van der Waals surface area contributed by atoms with E-state index in [1.165, 1.54) is 0 Å². The van der Waals surface area contributed by atoms with Gasteiger partial charge in [0.25, 0.3) is 0 Å². The Balaban J connectivity index is 2.82. The van der Waals surface area contributed by atoms with Crippen LogP contribution in [0.3, 0.4) is 0 Å². The molecule has 0 N–H and O–H groups in total. The molecule has 1 aliphatic rings. The van der Waals surface area contributed by atoms with Crippen molar-refractivity contribution in [2.24, 2.45) is 0 Å². The predicted octanol–water partition coefficient (Wildman–Crippen LogP) is 0.398. The molecule has 0 unspecified atom stereocenters. The maximum absolute atomic E-state index is 10.3. The largest absolute Gasteiger partial charge is 0.327 e. The number of hydrogen-bond acceptors (Lipinski definition) is 3. The molecule has 0 aromatic rings. The number of nitrogens with zero attached hydrogens (tertiary/aromatic N) is 2. The second kappa shape index (κ2) is 2.58. The van der Waals surface area contributed by atoms with Gasteiger partial charge in [-0.15, -0.1) is 0 Å². The Kier molecular flexibility index (Phi) is 1.78. The van der Waals surface area contributed by atoms with E-state index in [2.05, 4.69) is 0 Å². The normalized spacial score (nSPS) is 16.4. The summed E-state index contributed by atoms with van der Waals surface area (Å²) in [6.45, 7) is 2.80. The zero-order valence-electron chi connectivity index (χ0n) is 6.16. The van der Waals surface area contributed by atoms with Crippen molar-refractivity contribution in [3.05, 3.63) is 18.2 Å². The smallest absolute Gasteiger partial charge is 0.199 e. The predicted molar refractivity (Wildman–Crippen MR) is 38.5 cm³/mol. The second-order valence-electron chi connectivity index (χ2n) is 2.12. The highest BCUT2D eigenvalue weighted by Gasteiger charge is 2.14. The molecule has 0 radical (unpaired) electrons. The maximum Gasteiger partial charge on any atom is 0.199 e. The Labute approximate surface area is 60.2 Å². The summed E-state index contributed by atoms with van der Waals surface area (Å²) in [6, 6.07) is 0. The molecular weight excluding hydrogens is 128 g/mol. The monoisotopic (exact) mass is 138 g/mol. The van der Waals surface area contributed by atoms with Crippen molar-refractivity contribution in [3.8, 4) is 0 Å². The fourth-order valence-electron chi connectivity index (χ4n) is 0.910. The van der Waals surface area contributed by atoms with Gasteiger partial charge in [0.05, 0.1) is 0 Å². The van der Waals surface area contributed by atoms with Gasteiger partial charge in [0.15, 0.2) is 11.8 Å². The molecule has 0 aromatic heterocycles. The molecule has 0 atom stereocenters. The molecule has 3 nitrogen and oxygen atoms in total. The van der Waals surface area contributed by atoms with Gasteiger partial charge in [0.2, 0.25) is 0 Å². The fourth-order valence-corrected chi connectivity index (χ4v) is 0.910. The van der Waals surface area contributed by atoms with Gasteiger partial charge in [-0.25, -0.2) is 4.79 Å². The molecule has 0 saturated carbocycles. The van der Waals surface area contributed by atoms with Crippen LogP contribution in [0.15, 0.2) is 18.2 Å². The zero-order valence-corrected chi connectivity index (χ0v) is 6.16. The van der Waals surface area contributed by atoms with Gasteiger partial charge in [0, 0.05) is 26.0 Å². The van der Waals surface area contributed by atoms with Gasteiger partial charge < -0.3 is 9.80 Å². The van der Waals surface area contributed by atoms with Crippen molar-refractivity contribution in [2.45, 2.75) is 6.92 Å². The van der Waals surface area contributed by atoms with Crippen LogP contribution in [0.2, 0.25) is 0 Å². The summed E-state index contributed by atoms with van der Waals surface area (Å²) in [7, 11) is 1.83. The zero-order chi connectivity index (χ0) is 7.56. The Morgan fingerprint density at radius 2 is 2.30 bits per heavy atom. The SMILES string of the molecule is CCN1C=CN(C)C1=C=O. The van der Waals surface area contributed by atoms with E-state index in [-0.39, 0.29) is 0 Å². The molecule has 1 heterocycles. The first-order valence-corrected chi connectivity index (χ1v) is 3.22. The fraction of sp³-hybridized carbons (Fsp3) is 0.429. The number of hydrogen-bond donors (Lipinski definition) is 0. The van der Waals surface area contributed by atoms with Crippen LogP contribution < -0.4 is 0 Å². The second-order valence-corrected chi connectivity index (χ2v) is 2.12. The molecule has 0 amide bonds. The van der Waals surface area contributed by atoms with E-state index >= 15 is 0 Å². The van der Waals surface area contributed by atoms with Crippen molar-refractivity contribution in [1.29, 1.82) is 0 Å². The third-order valence-corrected chi connectivity index (χ3v) is 1.51. The molecule has 54 valence electrons. The van der Waals surface area contributed by atoms with E-state index in [1.54, 1.807) is 4.90 Å². The first kappa shape index (κ1) is 6.90. The van der Waals surface area contributed by atoms with Crippen molar-refractivity contribution in [2.75, 3.05) is 13.6 Å². The molecule has 1 rings (SSSR count). The number of rotatable bonds is 1. The van der Waals surface area contributed by atoms with Crippen LogP contribution in [0.4, 0.5) is 0 Å². The molecule has 0 bridgehead atoms. The van der Waals surface area contributed by atoms with Crippen molar-refractivity contribution in [1.82, 2.24) is 9.80 Å². The first-order chi connectivity index (χ1) is 4.79.